The third kappa shape index (κ3) is 6.04. The lowest BCUT2D eigenvalue weighted by Crippen LogP contribution is -2.28. The molecule has 0 radical (unpaired) electrons. The molecule has 3 aromatic carbocycles. The third-order valence-corrected chi connectivity index (χ3v) is 8.28. The van der Waals surface area contributed by atoms with E-state index in [4.69, 9.17) is 29.9 Å². The maximum absolute atomic E-state index is 13.5. The predicted molar refractivity (Wildman–Crippen MR) is 180 cm³/mol. The van der Waals surface area contributed by atoms with E-state index >= 15 is 0 Å². The topological polar surface area (TPSA) is 118 Å². The molecule has 0 bridgehead atoms. The lowest BCUT2D eigenvalue weighted by atomic mass is 10.1. The summed E-state index contributed by atoms with van der Waals surface area (Å²) >= 11 is 0. The molecule has 0 spiro atoms. The molecule has 47 heavy (non-hydrogen) atoms. The smallest absolute Gasteiger partial charge is 0.253 e. The second-order valence-corrected chi connectivity index (χ2v) is 11.3. The molecule has 1 saturated heterocycles. The van der Waals surface area contributed by atoms with E-state index in [1.165, 1.54) is 0 Å². The Kier molecular flexibility index (Phi) is 8.35. The van der Waals surface area contributed by atoms with Gasteiger partial charge in [0.15, 0.2) is 17.8 Å². The fraction of sp³-hybridized carbons (Fsp3) is 0.189. The molecule has 6 aromatic rings. The van der Waals surface area contributed by atoms with Gasteiger partial charge in [0.05, 0.1) is 31.6 Å². The van der Waals surface area contributed by atoms with Crippen LogP contribution >= 0.6 is 0 Å². The normalized spacial score (nSPS) is 13.2. The number of likely N-dealkylation sites (N-methyl/N-ethyl adjacent to an activating group) is 1. The summed E-state index contributed by atoms with van der Waals surface area (Å²) in [6, 6.07) is 31.1. The van der Waals surface area contributed by atoms with Crippen molar-refractivity contribution in [2.24, 2.45) is 0 Å². The molecule has 1 fully saturated rings. The summed E-state index contributed by atoms with van der Waals surface area (Å²) in [7, 11) is 3.44. The summed E-state index contributed by atoms with van der Waals surface area (Å²) in [6.45, 7) is 1.66. The van der Waals surface area contributed by atoms with Crippen molar-refractivity contribution < 1.29 is 19.0 Å². The van der Waals surface area contributed by atoms with Crippen LogP contribution in [0, 0.1) is 0 Å². The van der Waals surface area contributed by atoms with E-state index in [1.54, 1.807) is 18.2 Å². The number of nitrogens with zero attached hydrogens (tertiary/aromatic N) is 5. The van der Waals surface area contributed by atoms with Gasteiger partial charge in [-0.1, -0.05) is 36.4 Å². The first-order valence-corrected chi connectivity index (χ1v) is 15.4. The minimum absolute atomic E-state index is 0.0791. The van der Waals surface area contributed by atoms with Gasteiger partial charge in [0.25, 0.3) is 5.91 Å². The van der Waals surface area contributed by atoms with E-state index in [9.17, 15) is 4.79 Å². The Hall–Kier alpha value is -5.58. The number of carbonyl (C=O) groups excluding carboxylic acids is 1. The predicted octanol–water partition coefficient (Wildman–Crippen LogP) is 6.10. The van der Waals surface area contributed by atoms with Gasteiger partial charge in [0.1, 0.15) is 17.1 Å². The first-order chi connectivity index (χ1) is 23.0. The van der Waals surface area contributed by atoms with Crippen LogP contribution in [0.1, 0.15) is 27.8 Å². The highest BCUT2D eigenvalue weighted by Gasteiger charge is 2.23. The number of rotatable bonds is 9. The third-order valence-electron chi connectivity index (χ3n) is 8.28. The van der Waals surface area contributed by atoms with Gasteiger partial charge in [-0.3, -0.25) is 9.36 Å². The van der Waals surface area contributed by atoms with Crippen LogP contribution in [-0.4, -0.2) is 64.2 Å². The number of nitrogens with two attached hydrogens (primary N) is 1. The van der Waals surface area contributed by atoms with Crippen LogP contribution in [0.25, 0.3) is 39.5 Å². The van der Waals surface area contributed by atoms with Crippen LogP contribution in [-0.2, 0) is 15.9 Å². The summed E-state index contributed by atoms with van der Waals surface area (Å²) in [5.74, 6) is 1.62. The lowest BCUT2D eigenvalue weighted by molar-refractivity contribution is -0.0454. The minimum atomic E-state index is -0.411. The molecule has 0 aliphatic carbocycles. The quantitative estimate of drug-likeness (QED) is 0.205. The maximum Gasteiger partial charge on any atom is 0.253 e. The number of pyridine rings is 2. The van der Waals surface area contributed by atoms with Crippen molar-refractivity contribution in [3.63, 3.8) is 0 Å². The summed E-state index contributed by atoms with van der Waals surface area (Å²) in [4.78, 5) is 29.4. The van der Waals surface area contributed by atoms with Crippen LogP contribution in [0.15, 0.2) is 103 Å². The Morgan fingerprint density at radius 3 is 2.49 bits per heavy atom. The number of carbonyl (C=O) groups is 1. The average molecular weight is 627 g/mol. The second-order valence-electron chi connectivity index (χ2n) is 11.3. The van der Waals surface area contributed by atoms with Crippen LogP contribution in [0.3, 0.4) is 0 Å². The molecular formula is C37H34N6O4. The summed E-state index contributed by atoms with van der Waals surface area (Å²) in [5, 5.41) is 0. The van der Waals surface area contributed by atoms with E-state index in [0.717, 1.165) is 33.6 Å². The first kappa shape index (κ1) is 30.1. The summed E-state index contributed by atoms with van der Waals surface area (Å²) in [6.07, 6.45) is 1.90. The molecular weight excluding hydrogens is 592 g/mol. The van der Waals surface area contributed by atoms with Gasteiger partial charge < -0.3 is 24.8 Å². The highest BCUT2D eigenvalue weighted by Crippen LogP contribution is 2.33. The van der Waals surface area contributed by atoms with Gasteiger partial charge in [-0.2, -0.15) is 0 Å². The fourth-order valence-electron chi connectivity index (χ4n) is 5.77. The largest absolute Gasteiger partial charge is 0.496 e. The molecule has 3 aromatic heterocycles. The van der Waals surface area contributed by atoms with E-state index in [1.807, 2.05) is 109 Å². The Balaban J connectivity index is 1.15. The molecule has 7 rings (SSSR count). The van der Waals surface area contributed by atoms with Gasteiger partial charge in [-0.25, -0.2) is 15.0 Å². The van der Waals surface area contributed by atoms with Gasteiger partial charge in [-0.15, -0.1) is 0 Å². The maximum atomic E-state index is 13.5. The highest BCUT2D eigenvalue weighted by molar-refractivity contribution is 5.94. The zero-order valence-corrected chi connectivity index (χ0v) is 26.2. The molecule has 2 N–H and O–H groups in total. The number of benzene rings is 3. The van der Waals surface area contributed by atoms with Crippen LogP contribution in [0.5, 0.6) is 5.75 Å². The van der Waals surface area contributed by atoms with Crippen molar-refractivity contribution in [2.45, 2.75) is 12.7 Å². The monoisotopic (exact) mass is 626 g/mol. The molecule has 1 aliphatic rings. The summed E-state index contributed by atoms with van der Waals surface area (Å²) in [5.41, 5.74) is 13.5. The van der Waals surface area contributed by atoms with Gasteiger partial charge in [-0.05, 0) is 72.6 Å². The van der Waals surface area contributed by atoms with Gasteiger partial charge in [0, 0.05) is 42.2 Å². The average Bonchev–Trinajstić information content (AvgIpc) is 3.79. The highest BCUT2D eigenvalue weighted by atomic mass is 16.7. The minimum Gasteiger partial charge on any atom is -0.496 e. The van der Waals surface area contributed by atoms with Crippen molar-refractivity contribution >= 4 is 22.9 Å². The Labute approximate surface area is 272 Å². The molecule has 1 aliphatic heterocycles. The van der Waals surface area contributed by atoms with Crippen LogP contribution in [0.2, 0.25) is 0 Å². The van der Waals surface area contributed by atoms with E-state index in [-0.39, 0.29) is 5.91 Å². The van der Waals surface area contributed by atoms with Crippen LogP contribution in [0.4, 0.5) is 5.82 Å². The van der Waals surface area contributed by atoms with Crippen molar-refractivity contribution in [3.05, 3.63) is 120 Å². The molecule has 0 saturated carbocycles. The number of nitrogen functional groups attached to an aromatic ring is 1. The molecule has 236 valence electrons. The summed E-state index contributed by atoms with van der Waals surface area (Å²) < 4.78 is 18.8. The number of anilines is 1. The Morgan fingerprint density at radius 2 is 1.74 bits per heavy atom. The fourth-order valence-corrected chi connectivity index (χ4v) is 5.77. The number of fused-ring (bicyclic) bond motifs is 1. The molecule has 0 unspecified atom stereocenters. The van der Waals surface area contributed by atoms with Crippen molar-refractivity contribution in [1.29, 1.82) is 0 Å². The van der Waals surface area contributed by atoms with Crippen LogP contribution < -0.4 is 10.5 Å². The van der Waals surface area contributed by atoms with Crippen molar-refractivity contribution in [2.75, 3.05) is 39.6 Å². The molecule has 4 heterocycles. The molecule has 10 heteroatoms. The number of hydrogen-bond acceptors (Lipinski definition) is 8. The molecule has 10 nitrogen and oxygen atoms in total. The second kappa shape index (κ2) is 13.0. The number of hydrogen-bond donors (Lipinski definition) is 1. The number of methoxy groups -OCH3 is 1. The number of ether oxygens (including phenoxy) is 3. The van der Waals surface area contributed by atoms with Crippen molar-refractivity contribution in [1.82, 2.24) is 24.4 Å². The van der Waals surface area contributed by atoms with Gasteiger partial charge >= 0.3 is 0 Å². The number of amides is 1. The Morgan fingerprint density at radius 1 is 0.957 bits per heavy atom. The SMILES string of the molecule is COc1cc(CCN(C)C(=O)c2ccc(-n3c(-c4cccnc4N)nc4ccc(-c5ccccc5)nc43)cc2)ccc1C1OCCO1. The standard InChI is InChI=1S/C37H34N6O4/c1-42(20-18-24-10-15-28(32(23-24)45-2)37-46-21-22-47-37)36(44)26-11-13-27(14-12-26)43-34(29-9-6-19-39-33(29)38)41-31-17-16-30(40-35(31)43)25-7-4-3-5-8-25/h3-17,19,23,37H,18,20-22H2,1-2H3,(H2,38,39). The van der Waals surface area contributed by atoms with E-state index < -0.39 is 6.29 Å². The van der Waals surface area contributed by atoms with Crippen molar-refractivity contribution in [3.8, 4) is 34.1 Å². The first-order valence-electron chi connectivity index (χ1n) is 15.4. The molecule has 0 atom stereocenters. The van der Waals surface area contributed by atoms with E-state index in [0.29, 0.717) is 60.3 Å². The number of aromatic nitrogens is 4. The number of imidazole rings is 1. The molecule has 1 amide bonds. The zero-order chi connectivity index (χ0) is 32.3. The van der Waals surface area contributed by atoms with Gasteiger partial charge in [0.2, 0.25) is 0 Å². The zero-order valence-electron chi connectivity index (χ0n) is 26.2. The lowest BCUT2D eigenvalue weighted by Gasteiger charge is -2.19. The Bertz CT molecular complexity index is 2040. The van der Waals surface area contributed by atoms with E-state index in [2.05, 4.69) is 4.98 Å².